The van der Waals surface area contributed by atoms with E-state index in [1.807, 2.05) is 12.1 Å². The number of rotatable bonds is 7. The van der Waals surface area contributed by atoms with Crippen molar-refractivity contribution in [2.24, 2.45) is 4.99 Å². The van der Waals surface area contributed by atoms with Crippen LogP contribution in [0.5, 0.6) is 0 Å². The molecule has 6 rings (SSSR count). The van der Waals surface area contributed by atoms with Crippen molar-refractivity contribution >= 4 is 58.2 Å². The van der Waals surface area contributed by atoms with Gasteiger partial charge < -0.3 is 20.4 Å². The first kappa shape index (κ1) is 28.3. The number of benzene rings is 3. The molecule has 216 valence electrons. The van der Waals surface area contributed by atoms with Gasteiger partial charge in [0.1, 0.15) is 5.92 Å². The molecule has 3 aromatic carbocycles. The van der Waals surface area contributed by atoms with Gasteiger partial charge in [-0.2, -0.15) is 0 Å². The number of pyridine rings is 1. The molecule has 2 aliphatic heterocycles. The molecule has 1 saturated heterocycles. The van der Waals surface area contributed by atoms with Crippen LogP contribution < -0.4 is 15.5 Å². The molecular weight excluding hydrogens is 564 g/mol. The Kier molecular flexibility index (Phi) is 8.00. The molecule has 1 atom stereocenters. The SMILES string of the molecule is CN1CCN(c2ccc(N=CC3C(=O)Nc4cc(C(=O)c5cccc(NC(=O)c6ccncc6Cl)c5)ccc43)cc2)CC1. The lowest BCUT2D eigenvalue weighted by molar-refractivity contribution is -0.115. The molecule has 10 heteroatoms. The third kappa shape index (κ3) is 6.18. The first-order chi connectivity index (χ1) is 20.9. The highest BCUT2D eigenvalue weighted by Gasteiger charge is 2.30. The van der Waals surface area contributed by atoms with Gasteiger partial charge in [0.2, 0.25) is 5.91 Å². The molecule has 3 heterocycles. The predicted octanol–water partition coefficient (Wildman–Crippen LogP) is 5.41. The molecule has 2 N–H and O–H groups in total. The molecule has 0 radical (unpaired) electrons. The molecule has 1 unspecified atom stereocenters. The van der Waals surface area contributed by atoms with E-state index in [-0.39, 0.29) is 22.3 Å². The fourth-order valence-corrected chi connectivity index (χ4v) is 5.42. The van der Waals surface area contributed by atoms with Crippen LogP contribution in [-0.4, -0.2) is 66.9 Å². The average molecular weight is 593 g/mol. The van der Waals surface area contributed by atoms with E-state index in [1.54, 1.807) is 48.7 Å². The summed E-state index contributed by atoms with van der Waals surface area (Å²) in [5.41, 5.74) is 4.81. The topological polar surface area (TPSA) is 107 Å². The summed E-state index contributed by atoms with van der Waals surface area (Å²) in [6, 6.07) is 21.4. The van der Waals surface area contributed by atoms with Crippen LogP contribution in [-0.2, 0) is 4.79 Å². The predicted molar refractivity (Wildman–Crippen MR) is 169 cm³/mol. The maximum Gasteiger partial charge on any atom is 0.257 e. The second-order valence-electron chi connectivity index (χ2n) is 10.6. The summed E-state index contributed by atoms with van der Waals surface area (Å²) >= 11 is 6.08. The standard InChI is InChI=1S/C33H29ClN6O3/c1-39-13-15-40(16-14-39)25-8-6-23(7-9-25)36-19-28-26-10-5-22(18-30(26)38-33(28)43)31(41)21-3-2-4-24(17-21)37-32(42)27-11-12-35-20-29(27)34/h2-12,17-20,28H,13-16H2,1H3,(H,37,42)(H,38,43). The summed E-state index contributed by atoms with van der Waals surface area (Å²) in [4.78, 5) is 52.0. The van der Waals surface area contributed by atoms with Crippen molar-refractivity contribution in [1.29, 1.82) is 0 Å². The number of hydrogen-bond acceptors (Lipinski definition) is 7. The third-order valence-corrected chi connectivity index (χ3v) is 7.98. The van der Waals surface area contributed by atoms with Gasteiger partial charge in [-0.3, -0.25) is 24.4 Å². The Morgan fingerprint density at radius 3 is 2.53 bits per heavy atom. The number of fused-ring (bicyclic) bond motifs is 1. The zero-order valence-electron chi connectivity index (χ0n) is 23.5. The fraction of sp³-hybridized carbons (Fsp3) is 0.182. The van der Waals surface area contributed by atoms with Crippen LogP contribution in [0.4, 0.5) is 22.7 Å². The second-order valence-corrected chi connectivity index (χ2v) is 11.0. The Bertz CT molecular complexity index is 1730. The molecule has 0 aliphatic carbocycles. The maximum absolute atomic E-state index is 13.4. The zero-order chi connectivity index (χ0) is 29.9. The van der Waals surface area contributed by atoms with Crippen molar-refractivity contribution in [2.45, 2.75) is 5.92 Å². The number of piperazine rings is 1. The number of likely N-dealkylation sites (N-methyl/N-ethyl adjacent to an activating group) is 1. The second kappa shape index (κ2) is 12.2. The molecule has 43 heavy (non-hydrogen) atoms. The maximum atomic E-state index is 13.4. The van der Waals surface area contributed by atoms with E-state index in [9.17, 15) is 14.4 Å². The smallest absolute Gasteiger partial charge is 0.257 e. The average Bonchev–Trinajstić information content (AvgIpc) is 3.34. The Labute approximate surface area is 254 Å². The zero-order valence-corrected chi connectivity index (χ0v) is 24.2. The number of aromatic nitrogens is 1. The van der Waals surface area contributed by atoms with E-state index in [0.717, 1.165) is 37.4 Å². The minimum absolute atomic E-state index is 0.197. The van der Waals surface area contributed by atoms with E-state index in [0.29, 0.717) is 22.5 Å². The number of ketones is 1. The molecule has 0 saturated carbocycles. The van der Waals surface area contributed by atoms with Crippen LogP contribution in [0.3, 0.4) is 0 Å². The molecular formula is C33H29ClN6O3. The Morgan fingerprint density at radius 2 is 1.77 bits per heavy atom. The number of halogens is 1. The normalized spacial score (nSPS) is 16.7. The van der Waals surface area contributed by atoms with Crippen molar-refractivity contribution < 1.29 is 14.4 Å². The Balaban J connectivity index is 1.14. The number of nitrogens with one attached hydrogen (secondary N) is 2. The summed E-state index contributed by atoms with van der Waals surface area (Å²) in [6.07, 6.45) is 4.52. The van der Waals surface area contributed by atoms with Gasteiger partial charge >= 0.3 is 0 Å². The van der Waals surface area contributed by atoms with Gasteiger partial charge in [0.05, 0.1) is 16.3 Å². The molecule has 9 nitrogen and oxygen atoms in total. The van der Waals surface area contributed by atoms with Gasteiger partial charge in [-0.25, -0.2) is 0 Å². The summed E-state index contributed by atoms with van der Waals surface area (Å²) in [5, 5.41) is 5.88. The Hall–Kier alpha value is -4.86. The highest BCUT2D eigenvalue weighted by atomic mass is 35.5. The molecule has 0 spiro atoms. The van der Waals surface area contributed by atoms with E-state index in [2.05, 4.69) is 49.6 Å². The van der Waals surface area contributed by atoms with Crippen LogP contribution in [0.2, 0.25) is 5.02 Å². The molecule has 0 bridgehead atoms. The fourth-order valence-electron chi connectivity index (χ4n) is 5.21. The van der Waals surface area contributed by atoms with Crippen molar-refractivity contribution in [2.75, 3.05) is 48.8 Å². The molecule has 4 aromatic rings. The number of carbonyl (C=O) groups excluding carboxylic acids is 3. The van der Waals surface area contributed by atoms with Gasteiger partial charge in [0.15, 0.2) is 5.78 Å². The van der Waals surface area contributed by atoms with Gasteiger partial charge in [-0.1, -0.05) is 35.9 Å². The van der Waals surface area contributed by atoms with Crippen molar-refractivity contribution in [3.63, 3.8) is 0 Å². The van der Waals surface area contributed by atoms with Crippen molar-refractivity contribution in [1.82, 2.24) is 9.88 Å². The van der Waals surface area contributed by atoms with Crippen LogP contribution in [0.1, 0.15) is 37.8 Å². The highest BCUT2D eigenvalue weighted by molar-refractivity contribution is 6.34. The number of carbonyl (C=O) groups is 3. The quantitative estimate of drug-likeness (QED) is 0.220. The van der Waals surface area contributed by atoms with E-state index >= 15 is 0 Å². The van der Waals surface area contributed by atoms with Crippen LogP contribution in [0.15, 0.2) is 90.2 Å². The van der Waals surface area contributed by atoms with Crippen molar-refractivity contribution in [3.8, 4) is 0 Å². The lowest BCUT2D eigenvalue weighted by atomic mass is 9.97. The molecule has 1 fully saturated rings. The van der Waals surface area contributed by atoms with Crippen LogP contribution in [0.25, 0.3) is 0 Å². The summed E-state index contributed by atoms with van der Waals surface area (Å²) < 4.78 is 0. The molecule has 2 aliphatic rings. The van der Waals surface area contributed by atoms with Gasteiger partial charge in [0.25, 0.3) is 5.91 Å². The highest BCUT2D eigenvalue weighted by Crippen LogP contribution is 2.33. The van der Waals surface area contributed by atoms with E-state index < -0.39 is 11.8 Å². The van der Waals surface area contributed by atoms with E-state index in [1.165, 1.54) is 24.1 Å². The number of anilines is 3. The van der Waals surface area contributed by atoms with Crippen LogP contribution in [0, 0.1) is 0 Å². The lowest BCUT2D eigenvalue weighted by Gasteiger charge is -2.34. The van der Waals surface area contributed by atoms with Gasteiger partial charge in [-0.15, -0.1) is 0 Å². The minimum Gasteiger partial charge on any atom is -0.369 e. The number of nitrogens with zero attached hydrogens (tertiary/aromatic N) is 4. The minimum atomic E-state index is -0.560. The van der Waals surface area contributed by atoms with Gasteiger partial charge in [0, 0.05) is 73.0 Å². The first-order valence-corrected chi connectivity index (χ1v) is 14.3. The largest absolute Gasteiger partial charge is 0.369 e. The lowest BCUT2D eigenvalue weighted by Crippen LogP contribution is -2.44. The van der Waals surface area contributed by atoms with Crippen molar-refractivity contribution in [3.05, 3.63) is 112 Å². The molecule has 1 aromatic heterocycles. The van der Waals surface area contributed by atoms with Crippen LogP contribution >= 0.6 is 11.6 Å². The first-order valence-electron chi connectivity index (χ1n) is 13.9. The van der Waals surface area contributed by atoms with Gasteiger partial charge in [-0.05, 0) is 61.1 Å². The summed E-state index contributed by atoms with van der Waals surface area (Å²) in [7, 11) is 2.13. The number of aliphatic imine (C=N–C) groups is 1. The monoisotopic (exact) mass is 592 g/mol. The summed E-state index contributed by atoms with van der Waals surface area (Å²) in [6.45, 7) is 4.06. The summed E-state index contributed by atoms with van der Waals surface area (Å²) in [5.74, 6) is -1.41. The number of hydrogen-bond donors (Lipinski definition) is 2. The Morgan fingerprint density at radius 1 is 1.00 bits per heavy atom. The molecule has 2 amide bonds. The van der Waals surface area contributed by atoms with E-state index in [4.69, 9.17) is 11.6 Å². The number of amides is 2. The third-order valence-electron chi connectivity index (χ3n) is 7.68.